The van der Waals surface area contributed by atoms with Crippen LogP contribution in [0.5, 0.6) is 5.75 Å². The summed E-state index contributed by atoms with van der Waals surface area (Å²) in [5.41, 5.74) is 2.66. The summed E-state index contributed by atoms with van der Waals surface area (Å²) >= 11 is 0. The molecule has 2 aromatic rings. The van der Waals surface area contributed by atoms with Crippen molar-refractivity contribution in [3.05, 3.63) is 48.5 Å². The third kappa shape index (κ3) is 4.05. The van der Waals surface area contributed by atoms with Gasteiger partial charge in [0.25, 0.3) is 0 Å². The van der Waals surface area contributed by atoms with Crippen molar-refractivity contribution in [1.82, 2.24) is 4.31 Å². The van der Waals surface area contributed by atoms with Gasteiger partial charge in [0, 0.05) is 12.2 Å². The highest BCUT2D eigenvalue weighted by atomic mass is 32.2. The van der Waals surface area contributed by atoms with Gasteiger partial charge >= 0.3 is 0 Å². The van der Waals surface area contributed by atoms with E-state index in [-0.39, 0.29) is 5.91 Å². The predicted molar refractivity (Wildman–Crippen MR) is 102 cm³/mol. The molecule has 1 fully saturated rings. The zero-order valence-corrected chi connectivity index (χ0v) is 15.6. The summed E-state index contributed by atoms with van der Waals surface area (Å²) in [4.78, 5) is 12.5. The molecule has 0 saturated carbocycles. The van der Waals surface area contributed by atoms with Gasteiger partial charge in [0.1, 0.15) is 11.8 Å². The summed E-state index contributed by atoms with van der Waals surface area (Å²) in [6.07, 6.45) is 2.38. The minimum absolute atomic E-state index is 0.290. The van der Waals surface area contributed by atoms with E-state index in [1.807, 2.05) is 48.5 Å². The Morgan fingerprint density at radius 2 is 1.88 bits per heavy atom. The number of amides is 1. The molecule has 1 aliphatic rings. The number of methoxy groups -OCH3 is 1. The maximum absolute atomic E-state index is 12.5. The van der Waals surface area contributed by atoms with Crippen molar-refractivity contribution in [2.45, 2.75) is 18.9 Å². The van der Waals surface area contributed by atoms with Gasteiger partial charge in [-0.3, -0.25) is 4.79 Å². The number of carbonyl (C=O) groups is 1. The van der Waals surface area contributed by atoms with E-state index in [0.29, 0.717) is 25.1 Å². The minimum Gasteiger partial charge on any atom is -0.497 e. The van der Waals surface area contributed by atoms with Crippen LogP contribution in [0, 0.1) is 0 Å². The van der Waals surface area contributed by atoms with Crippen LogP contribution in [-0.4, -0.2) is 44.6 Å². The molecule has 1 heterocycles. The second kappa shape index (κ2) is 7.47. The maximum atomic E-state index is 12.5. The van der Waals surface area contributed by atoms with E-state index in [1.165, 1.54) is 4.31 Å². The van der Waals surface area contributed by atoms with Gasteiger partial charge in [-0.25, -0.2) is 8.42 Å². The Labute approximate surface area is 153 Å². The normalized spacial score (nSPS) is 17.8. The number of anilines is 1. The quantitative estimate of drug-likeness (QED) is 0.873. The number of hydrogen-bond donors (Lipinski definition) is 1. The van der Waals surface area contributed by atoms with Crippen LogP contribution in [0.1, 0.15) is 12.8 Å². The topological polar surface area (TPSA) is 75.7 Å². The molecule has 0 spiro atoms. The molecule has 7 heteroatoms. The standard InChI is InChI=1S/C19H22N2O4S/c1-25-17-6-3-5-15(13-17)14-8-10-16(11-9-14)20-19(22)18-7-4-12-21(18)26(2,23)24/h3,5-6,8-11,13,18H,4,7,12H2,1-2H3,(H,20,22)/t18-/m1/s1. The Hall–Kier alpha value is -2.38. The molecule has 1 amide bonds. The Balaban J connectivity index is 1.72. The SMILES string of the molecule is COc1cccc(-c2ccc(NC(=O)[C@H]3CCCN3S(C)(=O)=O)cc2)c1. The fourth-order valence-corrected chi connectivity index (χ4v) is 4.30. The Kier molecular flexibility index (Phi) is 5.29. The molecule has 0 aromatic heterocycles. The molecule has 1 saturated heterocycles. The van der Waals surface area contributed by atoms with Gasteiger partial charge in [-0.2, -0.15) is 4.31 Å². The van der Waals surface area contributed by atoms with Crippen molar-refractivity contribution in [2.75, 3.05) is 25.2 Å². The summed E-state index contributed by atoms with van der Waals surface area (Å²) in [6, 6.07) is 14.5. The third-order valence-corrected chi connectivity index (χ3v) is 5.78. The number of nitrogens with one attached hydrogen (secondary N) is 1. The smallest absolute Gasteiger partial charge is 0.242 e. The zero-order valence-electron chi connectivity index (χ0n) is 14.8. The molecule has 0 unspecified atom stereocenters. The first-order valence-electron chi connectivity index (χ1n) is 8.40. The molecule has 1 aliphatic heterocycles. The lowest BCUT2D eigenvalue weighted by Crippen LogP contribution is -2.42. The molecule has 2 aromatic carbocycles. The predicted octanol–water partition coefficient (Wildman–Crippen LogP) is 2.72. The molecular formula is C19H22N2O4S. The van der Waals surface area contributed by atoms with E-state index in [2.05, 4.69) is 5.32 Å². The number of nitrogens with zero attached hydrogens (tertiary/aromatic N) is 1. The van der Waals surface area contributed by atoms with Crippen LogP contribution in [0.15, 0.2) is 48.5 Å². The molecule has 1 N–H and O–H groups in total. The first-order valence-corrected chi connectivity index (χ1v) is 10.3. The van der Waals surface area contributed by atoms with Gasteiger partial charge in [0.05, 0.1) is 13.4 Å². The first-order chi connectivity index (χ1) is 12.4. The van der Waals surface area contributed by atoms with E-state index in [4.69, 9.17) is 4.74 Å². The Morgan fingerprint density at radius 1 is 1.15 bits per heavy atom. The Bertz CT molecular complexity index is 894. The maximum Gasteiger partial charge on any atom is 0.242 e. The second-order valence-corrected chi connectivity index (χ2v) is 8.27. The van der Waals surface area contributed by atoms with Crippen molar-refractivity contribution in [3.8, 4) is 16.9 Å². The highest BCUT2D eigenvalue weighted by molar-refractivity contribution is 7.88. The zero-order chi connectivity index (χ0) is 18.7. The third-order valence-electron chi connectivity index (χ3n) is 4.49. The minimum atomic E-state index is -3.38. The molecule has 26 heavy (non-hydrogen) atoms. The monoisotopic (exact) mass is 374 g/mol. The van der Waals surface area contributed by atoms with E-state index in [1.54, 1.807) is 7.11 Å². The molecule has 138 valence electrons. The van der Waals surface area contributed by atoms with Crippen LogP contribution >= 0.6 is 0 Å². The van der Waals surface area contributed by atoms with Crippen LogP contribution in [0.2, 0.25) is 0 Å². The first kappa shape index (κ1) is 18.4. The van der Waals surface area contributed by atoms with E-state index >= 15 is 0 Å². The number of ether oxygens (including phenoxy) is 1. The van der Waals surface area contributed by atoms with Crippen LogP contribution in [0.25, 0.3) is 11.1 Å². The van der Waals surface area contributed by atoms with Gasteiger partial charge in [-0.15, -0.1) is 0 Å². The molecule has 1 atom stereocenters. The van der Waals surface area contributed by atoms with E-state index in [9.17, 15) is 13.2 Å². The fourth-order valence-electron chi connectivity index (χ4n) is 3.17. The summed E-state index contributed by atoms with van der Waals surface area (Å²) in [5.74, 6) is 0.490. The molecular weight excluding hydrogens is 352 g/mol. The number of carbonyl (C=O) groups excluding carboxylic acids is 1. The fraction of sp³-hybridized carbons (Fsp3) is 0.316. The summed E-state index contributed by atoms with van der Waals surface area (Å²) in [6.45, 7) is 0.395. The summed E-state index contributed by atoms with van der Waals surface area (Å²) in [5, 5.41) is 2.82. The molecule has 0 bridgehead atoms. The van der Waals surface area contributed by atoms with Gasteiger partial charge in [0.15, 0.2) is 0 Å². The lowest BCUT2D eigenvalue weighted by Gasteiger charge is -2.21. The molecule has 3 rings (SSSR count). The van der Waals surface area contributed by atoms with Crippen LogP contribution in [-0.2, 0) is 14.8 Å². The average Bonchev–Trinajstić information content (AvgIpc) is 3.13. The van der Waals surface area contributed by atoms with Gasteiger partial charge in [-0.1, -0.05) is 24.3 Å². The van der Waals surface area contributed by atoms with Gasteiger partial charge in [-0.05, 0) is 48.2 Å². The number of sulfonamides is 1. The Morgan fingerprint density at radius 3 is 2.54 bits per heavy atom. The van der Waals surface area contributed by atoms with Crippen LogP contribution < -0.4 is 10.1 Å². The van der Waals surface area contributed by atoms with E-state index in [0.717, 1.165) is 23.1 Å². The van der Waals surface area contributed by atoms with Crippen LogP contribution in [0.4, 0.5) is 5.69 Å². The van der Waals surface area contributed by atoms with Crippen molar-refractivity contribution >= 4 is 21.6 Å². The van der Waals surface area contributed by atoms with Gasteiger partial charge in [0.2, 0.25) is 15.9 Å². The molecule has 0 radical (unpaired) electrons. The average molecular weight is 374 g/mol. The van der Waals surface area contributed by atoms with Gasteiger partial charge < -0.3 is 10.1 Å². The second-order valence-electron chi connectivity index (χ2n) is 6.33. The number of hydrogen-bond acceptors (Lipinski definition) is 4. The lowest BCUT2D eigenvalue weighted by molar-refractivity contribution is -0.119. The van der Waals surface area contributed by atoms with Crippen LogP contribution in [0.3, 0.4) is 0 Å². The van der Waals surface area contributed by atoms with Crippen molar-refractivity contribution in [2.24, 2.45) is 0 Å². The van der Waals surface area contributed by atoms with Crippen molar-refractivity contribution in [3.63, 3.8) is 0 Å². The largest absolute Gasteiger partial charge is 0.497 e. The van der Waals surface area contributed by atoms with E-state index < -0.39 is 16.1 Å². The molecule has 6 nitrogen and oxygen atoms in total. The summed E-state index contributed by atoms with van der Waals surface area (Å²) < 4.78 is 30.1. The molecule has 0 aliphatic carbocycles. The highest BCUT2D eigenvalue weighted by Crippen LogP contribution is 2.26. The lowest BCUT2D eigenvalue weighted by atomic mass is 10.1. The van der Waals surface area contributed by atoms with Crippen molar-refractivity contribution in [1.29, 1.82) is 0 Å². The number of rotatable bonds is 5. The summed E-state index contributed by atoms with van der Waals surface area (Å²) in [7, 11) is -1.75. The number of benzene rings is 2. The highest BCUT2D eigenvalue weighted by Gasteiger charge is 2.36. The van der Waals surface area contributed by atoms with Crippen molar-refractivity contribution < 1.29 is 17.9 Å².